The van der Waals surface area contributed by atoms with Crippen LogP contribution in [0.4, 0.5) is 10.3 Å². The van der Waals surface area contributed by atoms with Crippen molar-refractivity contribution in [3.63, 3.8) is 0 Å². The quantitative estimate of drug-likeness (QED) is 0.754. The molecule has 2 N–H and O–H groups in total. The number of fused-ring (bicyclic) bond motifs is 1. The van der Waals surface area contributed by atoms with Gasteiger partial charge < -0.3 is 10.3 Å². The van der Waals surface area contributed by atoms with Crippen molar-refractivity contribution in [3.8, 4) is 11.3 Å². The van der Waals surface area contributed by atoms with E-state index >= 15 is 0 Å². The van der Waals surface area contributed by atoms with Crippen molar-refractivity contribution in [2.75, 3.05) is 12.4 Å². The number of anilines is 1. The Hall–Kier alpha value is -2.14. The van der Waals surface area contributed by atoms with Gasteiger partial charge in [-0.15, -0.1) is 0 Å². The van der Waals surface area contributed by atoms with Gasteiger partial charge in [-0.2, -0.15) is 0 Å². The van der Waals surface area contributed by atoms with Crippen LogP contribution in [0.25, 0.3) is 22.2 Å². The first kappa shape index (κ1) is 11.9. The zero-order valence-electron chi connectivity index (χ0n) is 10.0. The minimum atomic E-state index is -0.299. The van der Waals surface area contributed by atoms with Crippen LogP contribution in [0.3, 0.4) is 0 Å². The Morgan fingerprint density at radius 1 is 1.37 bits per heavy atom. The van der Waals surface area contributed by atoms with Crippen LogP contribution < -0.4 is 5.32 Å². The summed E-state index contributed by atoms with van der Waals surface area (Å²) in [4.78, 5) is 11.4. The smallest absolute Gasteiger partial charge is 0.223 e. The fourth-order valence-electron chi connectivity index (χ4n) is 1.97. The van der Waals surface area contributed by atoms with Crippen molar-refractivity contribution in [1.29, 1.82) is 0 Å². The lowest BCUT2D eigenvalue weighted by Gasteiger charge is -2.04. The number of nitrogens with one attached hydrogen (secondary N) is 2. The van der Waals surface area contributed by atoms with Gasteiger partial charge in [-0.25, -0.2) is 14.4 Å². The van der Waals surface area contributed by atoms with Crippen molar-refractivity contribution in [1.82, 2.24) is 15.0 Å². The van der Waals surface area contributed by atoms with E-state index in [0.29, 0.717) is 16.7 Å². The average Bonchev–Trinajstić information content (AvgIpc) is 2.82. The third-order valence-electron chi connectivity index (χ3n) is 2.87. The molecule has 1 aromatic carbocycles. The highest BCUT2D eigenvalue weighted by atomic mass is 35.5. The Morgan fingerprint density at radius 2 is 2.21 bits per heavy atom. The third-order valence-corrected chi connectivity index (χ3v) is 3.14. The van der Waals surface area contributed by atoms with Crippen molar-refractivity contribution in [2.45, 2.75) is 0 Å². The predicted molar refractivity (Wildman–Crippen MR) is 73.8 cm³/mol. The van der Waals surface area contributed by atoms with Crippen LogP contribution >= 0.6 is 11.6 Å². The molecule has 6 heteroatoms. The van der Waals surface area contributed by atoms with Crippen LogP contribution in [-0.2, 0) is 0 Å². The highest BCUT2D eigenvalue weighted by Gasteiger charge is 2.13. The molecule has 0 aliphatic rings. The van der Waals surface area contributed by atoms with Crippen LogP contribution in [0.15, 0.2) is 30.6 Å². The van der Waals surface area contributed by atoms with Gasteiger partial charge in [0, 0.05) is 29.7 Å². The van der Waals surface area contributed by atoms with Crippen molar-refractivity contribution in [3.05, 3.63) is 41.4 Å². The molecule has 0 unspecified atom stereocenters. The van der Waals surface area contributed by atoms with Crippen LogP contribution in [0.2, 0.25) is 5.02 Å². The first-order chi connectivity index (χ1) is 9.19. The van der Waals surface area contributed by atoms with E-state index in [0.717, 1.165) is 16.5 Å². The summed E-state index contributed by atoms with van der Waals surface area (Å²) >= 11 is 6.12. The van der Waals surface area contributed by atoms with Gasteiger partial charge in [-0.1, -0.05) is 11.6 Å². The summed E-state index contributed by atoms with van der Waals surface area (Å²) in [5, 5.41) is 4.01. The fraction of sp³-hybridized carbons (Fsp3) is 0.0769. The fourth-order valence-corrected chi connectivity index (χ4v) is 2.16. The van der Waals surface area contributed by atoms with E-state index in [9.17, 15) is 4.39 Å². The summed E-state index contributed by atoms with van der Waals surface area (Å²) in [6, 6.07) is 4.55. The van der Waals surface area contributed by atoms with Crippen LogP contribution in [0, 0.1) is 5.82 Å². The second-order valence-corrected chi connectivity index (χ2v) is 4.44. The van der Waals surface area contributed by atoms with Crippen molar-refractivity contribution in [2.24, 2.45) is 0 Å². The molecule has 3 aromatic rings. The van der Waals surface area contributed by atoms with E-state index in [1.807, 2.05) is 0 Å². The molecule has 0 spiro atoms. The van der Waals surface area contributed by atoms with E-state index in [4.69, 9.17) is 11.6 Å². The average molecular weight is 277 g/mol. The van der Waals surface area contributed by atoms with Gasteiger partial charge in [0.15, 0.2) is 0 Å². The van der Waals surface area contributed by atoms with Gasteiger partial charge in [-0.3, -0.25) is 0 Å². The van der Waals surface area contributed by atoms with Crippen LogP contribution in [0.1, 0.15) is 0 Å². The minimum Gasteiger partial charge on any atom is -0.360 e. The molecule has 96 valence electrons. The Bertz CT molecular complexity index is 753. The zero-order valence-corrected chi connectivity index (χ0v) is 10.8. The van der Waals surface area contributed by atoms with Gasteiger partial charge >= 0.3 is 0 Å². The largest absolute Gasteiger partial charge is 0.360 e. The Labute approximate surface area is 113 Å². The van der Waals surface area contributed by atoms with E-state index in [2.05, 4.69) is 20.3 Å². The molecule has 4 nitrogen and oxygen atoms in total. The maximum Gasteiger partial charge on any atom is 0.223 e. The first-order valence-corrected chi connectivity index (χ1v) is 6.04. The number of benzene rings is 1. The molecule has 0 bridgehead atoms. The lowest BCUT2D eigenvalue weighted by atomic mass is 10.1. The lowest BCUT2D eigenvalue weighted by molar-refractivity contribution is 0.630. The maximum absolute atomic E-state index is 13.4. The molecule has 0 saturated heterocycles. The van der Waals surface area contributed by atoms with Gasteiger partial charge in [-0.05, 0) is 18.2 Å². The van der Waals surface area contributed by atoms with Gasteiger partial charge in [0.25, 0.3) is 0 Å². The number of H-pyrrole nitrogens is 1. The molecule has 2 aromatic heterocycles. The van der Waals surface area contributed by atoms with Gasteiger partial charge in [0.05, 0.1) is 16.9 Å². The van der Waals surface area contributed by atoms with Gasteiger partial charge in [0.2, 0.25) is 5.95 Å². The highest BCUT2D eigenvalue weighted by Crippen LogP contribution is 2.32. The van der Waals surface area contributed by atoms with E-state index in [1.54, 1.807) is 19.3 Å². The Kier molecular flexibility index (Phi) is 2.83. The number of nitrogens with zero attached hydrogens (tertiary/aromatic N) is 2. The molecule has 0 radical (unpaired) electrons. The maximum atomic E-state index is 13.4. The van der Waals surface area contributed by atoms with E-state index in [-0.39, 0.29) is 5.82 Å². The molecule has 3 rings (SSSR count). The Morgan fingerprint density at radius 3 is 3.00 bits per heavy atom. The number of rotatable bonds is 2. The summed E-state index contributed by atoms with van der Waals surface area (Å²) in [5.74, 6) is 0.164. The molecule has 0 aliphatic heterocycles. The molecule has 0 aliphatic carbocycles. The van der Waals surface area contributed by atoms with Crippen LogP contribution in [-0.4, -0.2) is 22.0 Å². The summed E-state index contributed by atoms with van der Waals surface area (Å²) < 4.78 is 13.4. The number of halogens is 2. The molecular formula is C13H10ClFN4. The second kappa shape index (κ2) is 4.51. The monoisotopic (exact) mass is 276 g/mol. The molecule has 0 atom stereocenters. The molecule has 19 heavy (non-hydrogen) atoms. The molecule has 0 amide bonds. The van der Waals surface area contributed by atoms with E-state index in [1.165, 1.54) is 18.3 Å². The molecular weight excluding hydrogens is 267 g/mol. The SMILES string of the molecule is CNc1ncc(Cl)c(-c2c[nH]c3ccc(F)cc23)n1. The van der Waals surface area contributed by atoms with Crippen molar-refractivity contribution < 1.29 is 4.39 Å². The number of hydrogen-bond donors (Lipinski definition) is 2. The predicted octanol–water partition coefficient (Wildman–Crippen LogP) is 3.46. The highest BCUT2D eigenvalue weighted by molar-refractivity contribution is 6.33. The van der Waals surface area contributed by atoms with Crippen LogP contribution in [0.5, 0.6) is 0 Å². The second-order valence-electron chi connectivity index (χ2n) is 4.03. The molecule has 2 heterocycles. The first-order valence-electron chi connectivity index (χ1n) is 5.66. The zero-order chi connectivity index (χ0) is 13.4. The summed E-state index contributed by atoms with van der Waals surface area (Å²) in [5.41, 5.74) is 2.15. The standard InChI is InChI=1S/C13H10ClFN4/c1-16-13-18-6-10(14)12(19-13)9-5-17-11-3-2-7(15)4-8(9)11/h2-6,17H,1H3,(H,16,18,19). The normalized spacial score (nSPS) is 10.9. The summed E-state index contributed by atoms with van der Waals surface area (Å²) in [6.45, 7) is 0. The Balaban J connectivity index is 2.26. The van der Waals surface area contributed by atoms with Gasteiger partial charge in [0.1, 0.15) is 5.82 Å². The minimum absolute atomic E-state index is 0.299. The summed E-state index contributed by atoms with van der Waals surface area (Å²) in [7, 11) is 1.72. The van der Waals surface area contributed by atoms with E-state index < -0.39 is 0 Å². The lowest BCUT2D eigenvalue weighted by Crippen LogP contribution is -1.97. The van der Waals surface area contributed by atoms with Crippen molar-refractivity contribution >= 4 is 28.5 Å². The number of aromatic nitrogens is 3. The molecule has 0 saturated carbocycles. The number of hydrogen-bond acceptors (Lipinski definition) is 3. The third kappa shape index (κ3) is 2.02. The topological polar surface area (TPSA) is 53.6 Å². The molecule has 0 fully saturated rings. The summed E-state index contributed by atoms with van der Waals surface area (Å²) in [6.07, 6.45) is 3.28. The number of aromatic amines is 1.